The van der Waals surface area contributed by atoms with Crippen LogP contribution in [0.1, 0.15) is 20.8 Å². The SMILES string of the molecule is CC=C(C)NC(=O)C(C)Oc1ccccc1. The summed E-state index contributed by atoms with van der Waals surface area (Å²) >= 11 is 0. The molecular formula is C13H17NO2. The zero-order valence-electron chi connectivity index (χ0n) is 9.86. The molecule has 1 amide bonds. The first-order chi connectivity index (χ1) is 7.63. The van der Waals surface area contributed by atoms with Crippen molar-refractivity contribution < 1.29 is 9.53 Å². The number of carbonyl (C=O) groups is 1. The summed E-state index contributed by atoms with van der Waals surface area (Å²) < 4.78 is 5.48. The second-order valence-electron chi connectivity index (χ2n) is 3.53. The second kappa shape index (κ2) is 5.95. The number of hydrogen-bond donors (Lipinski definition) is 1. The minimum Gasteiger partial charge on any atom is -0.481 e. The van der Waals surface area contributed by atoms with Crippen molar-refractivity contribution in [3.63, 3.8) is 0 Å². The van der Waals surface area contributed by atoms with E-state index in [0.29, 0.717) is 5.75 Å². The summed E-state index contributed by atoms with van der Waals surface area (Å²) in [5.74, 6) is 0.558. The number of nitrogens with one attached hydrogen (secondary N) is 1. The van der Waals surface area contributed by atoms with Crippen molar-refractivity contribution in [3.05, 3.63) is 42.1 Å². The van der Waals surface area contributed by atoms with Crippen LogP contribution in [0.4, 0.5) is 0 Å². The van der Waals surface area contributed by atoms with E-state index in [1.54, 1.807) is 6.92 Å². The molecule has 0 radical (unpaired) electrons. The van der Waals surface area contributed by atoms with Crippen LogP contribution < -0.4 is 10.1 Å². The number of allylic oxidation sites excluding steroid dienone is 2. The van der Waals surface area contributed by atoms with Gasteiger partial charge in [-0.3, -0.25) is 4.79 Å². The molecular weight excluding hydrogens is 202 g/mol. The van der Waals surface area contributed by atoms with Crippen LogP contribution in [0.3, 0.4) is 0 Å². The Balaban J connectivity index is 2.53. The molecule has 0 aliphatic carbocycles. The number of rotatable bonds is 4. The van der Waals surface area contributed by atoms with Gasteiger partial charge in [-0.1, -0.05) is 24.3 Å². The van der Waals surface area contributed by atoms with Crippen molar-refractivity contribution in [3.8, 4) is 5.75 Å². The normalized spacial score (nSPS) is 13.1. The van der Waals surface area contributed by atoms with Gasteiger partial charge in [0.1, 0.15) is 5.75 Å². The van der Waals surface area contributed by atoms with Crippen molar-refractivity contribution in [2.45, 2.75) is 26.9 Å². The molecule has 0 saturated heterocycles. The van der Waals surface area contributed by atoms with Crippen molar-refractivity contribution in [1.82, 2.24) is 5.32 Å². The van der Waals surface area contributed by atoms with E-state index < -0.39 is 6.10 Å². The van der Waals surface area contributed by atoms with Crippen LogP contribution in [0.2, 0.25) is 0 Å². The van der Waals surface area contributed by atoms with Gasteiger partial charge in [0.2, 0.25) is 0 Å². The van der Waals surface area contributed by atoms with Crippen LogP contribution in [-0.2, 0) is 4.79 Å². The third-order valence-corrected chi connectivity index (χ3v) is 2.18. The Morgan fingerprint density at radius 2 is 2.00 bits per heavy atom. The summed E-state index contributed by atoms with van der Waals surface area (Å²) in [5.41, 5.74) is 0.827. The van der Waals surface area contributed by atoms with Gasteiger partial charge in [-0.2, -0.15) is 0 Å². The molecule has 0 aliphatic rings. The second-order valence-corrected chi connectivity index (χ2v) is 3.53. The molecule has 0 heterocycles. The van der Waals surface area contributed by atoms with E-state index in [4.69, 9.17) is 4.74 Å². The Morgan fingerprint density at radius 3 is 2.56 bits per heavy atom. The Hall–Kier alpha value is -1.77. The van der Waals surface area contributed by atoms with Crippen molar-refractivity contribution in [2.24, 2.45) is 0 Å². The van der Waals surface area contributed by atoms with Gasteiger partial charge >= 0.3 is 0 Å². The quantitative estimate of drug-likeness (QED) is 0.845. The summed E-state index contributed by atoms with van der Waals surface area (Å²) in [6.45, 7) is 5.44. The molecule has 86 valence electrons. The molecule has 0 saturated carbocycles. The average molecular weight is 219 g/mol. The topological polar surface area (TPSA) is 38.3 Å². The lowest BCUT2D eigenvalue weighted by Crippen LogP contribution is -2.35. The lowest BCUT2D eigenvalue weighted by molar-refractivity contribution is -0.126. The largest absolute Gasteiger partial charge is 0.481 e. The first-order valence-corrected chi connectivity index (χ1v) is 5.29. The number of hydrogen-bond acceptors (Lipinski definition) is 2. The minimum atomic E-state index is -0.503. The zero-order valence-corrected chi connectivity index (χ0v) is 9.86. The first kappa shape index (κ1) is 12.3. The molecule has 1 unspecified atom stereocenters. The standard InChI is InChI=1S/C13H17NO2/c1-4-10(2)14-13(15)11(3)16-12-8-6-5-7-9-12/h4-9,11H,1-3H3,(H,14,15). The highest BCUT2D eigenvalue weighted by Gasteiger charge is 2.13. The van der Waals surface area contributed by atoms with Crippen LogP contribution in [-0.4, -0.2) is 12.0 Å². The molecule has 0 spiro atoms. The fourth-order valence-electron chi connectivity index (χ4n) is 1.12. The maximum Gasteiger partial charge on any atom is 0.264 e. The Labute approximate surface area is 96.1 Å². The van der Waals surface area contributed by atoms with Gasteiger partial charge in [0, 0.05) is 5.70 Å². The predicted octanol–water partition coefficient (Wildman–Crippen LogP) is 2.49. The van der Waals surface area contributed by atoms with Crippen molar-refractivity contribution in [1.29, 1.82) is 0 Å². The van der Waals surface area contributed by atoms with Crippen molar-refractivity contribution >= 4 is 5.91 Å². The van der Waals surface area contributed by atoms with Gasteiger partial charge in [-0.15, -0.1) is 0 Å². The fourth-order valence-corrected chi connectivity index (χ4v) is 1.12. The van der Waals surface area contributed by atoms with Crippen molar-refractivity contribution in [2.75, 3.05) is 0 Å². The molecule has 1 rings (SSSR count). The summed E-state index contributed by atoms with van der Waals surface area (Å²) in [5, 5.41) is 2.75. The fraction of sp³-hybridized carbons (Fsp3) is 0.308. The number of para-hydroxylation sites is 1. The average Bonchev–Trinajstić information content (AvgIpc) is 2.30. The molecule has 0 aromatic heterocycles. The minimum absolute atomic E-state index is 0.139. The highest BCUT2D eigenvalue weighted by Crippen LogP contribution is 2.10. The highest BCUT2D eigenvalue weighted by atomic mass is 16.5. The molecule has 16 heavy (non-hydrogen) atoms. The Morgan fingerprint density at radius 1 is 1.38 bits per heavy atom. The summed E-state index contributed by atoms with van der Waals surface area (Å²) in [6, 6.07) is 9.30. The van der Waals surface area contributed by atoms with Gasteiger partial charge in [0.25, 0.3) is 5.91 Å². The van der Waals surface area contributed by atoms with Gasteiger partial charge < -0.3 is 10.1 Å². The number of amides is 1. The third kappa shape index (κ3) is 3.77. The van der Waals surface area contributed by atoms with E-state index in [1.807, 2.05) is 50.3 Å². The van der Waals surface area contributed by atoms with Gasteiger partial charge in [0.05, 0.1) is 0 Å². The molecule has 1 aromatic rings. The maximum atomic E-state index is 11.6. The molecule has 3 nitrogen and oxygen atoms in total. The highest BCUT2D eigenvalue weighted by molar-refractivity contribution is 5.82. The molecule has 1 atom stereocenters. The molecule has 1 N–H and O–H groups in total. The van der Waals surface area contributed by atoms with Crippen LogP contribution >= 0.6 is 0 Å². The predicted molar refractivity (Wildman–Crippen MR) is 64.1 cm³/mol. The van der Waals surface area contributed by atoms with Gasteiger partial charge in [-0.25, -0.2) is 0 Å². The maximum absolute atomic E-state index is 11.6. The van der Waals surface area contributed by atoms with Gasteiger partial charge in [-0.05, 0) is 32.9 Å². The van der Waals surface area contributed by atoms with E-state index in [1.165, 1.54) is 0 Å². The molecule has 0 bridgehead atoms. The van der Waals surface area contributed by atoms with Gasteiger partial charge in [0.15, 0.2) is 6.10 Å². The Kier molecular flexibility index (Phi) is 4.58. The van der Waals surface area contributed by atoms with E-state index in [2.05, 4.69) is 5.32 Å². The van der Waals surface area contributed by atoms with E-state index in [0.717, 1.165) is 5.70 Å². The number of benzene rings is 1. The molecule has 0 fully saturated rings. The third-order valence-electron chi connectivity index (χ3n) is 2.18. The zero-order chi connectivity index (χ0) is 12.0. The lowest BCUT2D eigenvalue weighted by Gasteiger charge is -2.14. The lowest BCUT2D eigenvalue weighted by atomic mass is 10.3. The monoisotopic (exact) mass is 219 g/mol. The van der Waals surface area contributed by atoms with E-state index in [-0.39, 0.29) is 5.91 Å². The summed E-state index contributed by atoms with van der Waals surface area (Å²) in [7, 11) is 0. The van der Waals surface area contributed by atoms with Crippen LogP contribution in [0.25, 0.3) is 0 Å². The number of ether oxygens (including phenoxy) is 1. The van der Waals surface area contributed by atoms with E-state index in [9.17, 15) is 4.79 Å². The number of carbonyl (C=O) groups excluding carboxylic acids is 1. The van der Waals surface area contributed by atoms with Crippen LogP contribution in [0, 0.1) is 0 Å². The summed E-state index contributed by atoms with van der Waals surface area (Å²) in [4.78, 5) is 11.6. The first-order valence-electron chi connectivity index (χ1n) is 5.29. The van der Waals surface area contributed by atoms with E-state index >= 15 is 0 Å². The summed E-state index contributed by atoms with van der Waals surface area (Å²) in [6.07, 6.45) is 1.34. The molecule has 0 aliphatic heterocycles. The molecule has 1 aromatic carbocycles. The van der Waals surface area contributed by atoms with Crippen LogP contribution in [0.5, 0.6) is 5.75 Å². The molecule has 3 heteroatoms. The Bertz CT molecular complexity index is 371. The van der Waals surface area contributed by atoms with Crippen LogP contribution in [0.15, 0.2) is 42.1 Å². The smallest absolute Gasteiger partial charge is 0.264 e.